The maximum absolute atomic E-state index is 14.0. The molecular weight excluding hydrogens is 582 g/mol. The van der Waals surface area contributed by atoms with Crippen molar-refractivity contribution in [3.63, 3.8) is 0 Å². The third-order valence-electron chi connectivity index (χ3n) is 7.07. The van der Waals surface area contributed by atoms with Gasteiger partial charge in [-0.05, 0) is 48.9 Å². The summed E-state index contributed by atoms with van der Waals surface area (Å²) in [6.07, 6.45) is 1.63. The molecule has 1 aliphatic rings. The van der Waals surface area contributed by atoms with Gasteiger partial charge in [-0.15, -0.1) is 0 Å². The molecule has 0 unspecified atom stereocenters. The Kier molecular flexibility index (Phi) is 7.78. The fraction of sp³-hybridized carbons (Fsp3) is 0.121. The number of carbonyl (C=O) groups is 1. The Morgan fingerprint density at radius 1 is 1.02 bits per heavy atom. The van der Waals surface area contributed by atoms with Crippen molar-refractivity contribution in [3.8, 4) is 17.1 Å². The number of fused-ring (bicyclic) bond motifs is 1. The van der Waals surface area contributed by atoms with Crippen LogP contribution in [0.4, 0.5) is 5.69 Å². The number of nitro groups is 1. The summed E-state index contributed by atoms with van der Waals surface area (Å²) in [6, 6.07) is 25.1. The van der Waals surface area contributed by atoms with Crippen LogP contribution < -0.4 is 19.6 Å². The molecule has 0 spiro atoms. The Labute approximate surface area is 254 Å². The fourth-order valence-electron chi connectivity index (χ4n) is 5.00. The van der Waals surface area contributed by atoms with E-state index >= 15 is 0 Å². The SMILES string of the molecule is CCOC(=O)C1=C(c2ccccc2)N=c2s/c(=C\c3ccc(-c4ccc([N+](=O)[O-])cc4)o3)c(=O)n2[C@H]1c1ccc(OC)cc1. The van der Waals surface area contributed by atoms with Crippen LogP contribution in [0.1, 0.15) is 29.9 Å². The molecule has 3 heterocycles. The number of nitro benzene ring substituents is 1. The first-order chi connectivity index (χ1) is 21.4. The number of methoxy groups -OCH3 is 1. The average molecular weight is 608 g/mol. The van der Waals surface area contributed by atoms with Gasteiger partial charge in [0.25, 0.3) is 11.2 Å². The van der Waals surface area contributed by atoms with Gasteiger partial charge in [0.1, 0.15) is 17.3 Å². The first-order valence-corrected chi connectivity index (χ1v) is 14.5. The van der Waals surface area contributed by atoms with E-state index in [1.54, 1.807) is 56.5 Å². The summed E-state index contributed by atoms with van der Waals surface area (Å²) in [4.78, 5) is 43.4. The van der Waals surface area contributed by atoms with E-state index in [0.717, 1.165) is 0 Å². The van der Waals surface area contributed by atoms with E-state index in [1.165, 1.54) is 28.0 Å². The van der Waals surface area contributed by atoms with E-state index < -0.39 is 16.9 Å². The third kappa shape index (κ3) is 5.36. The number of nitrogens with zero attached hydrogens (tertiary/aromatic N) is 3. The third-order valence-corrected chi connectivity index (χ3v) is 8.05. The zero-order chi connectivity index (χ0) is 30.8. The lowest BCUT2D eigenvalue weighted by Gasteiger charge is -2.26. The molecule has 0 amide bonds. The predicted molar refractivity (Wildman–Crippen MR) is 165 cm³/mol. The molecule has 1 atom stereocenters. The Morgan fingerprint density at radius 3 is 2.41 bits per heavy atom. The molecule has 1 aliphatic heterocycles. The molecule has 0 bridgehead atoms. The lowest BCUT2D eigenvalue weighted by molar-refractivity contribution is -0.384. The molecule has 0 radical (unpaired) electrons. The van der Waals surface area contributed by atoms with E-state index in [1.807, 2.05) is 42.5 Å². The van der Waals surface area contributed by atoms with Crippen LogP contribution in [0.15, 0.2) is 111 Å². The van der Waals surface area contributed by atoms with Crippen LogP contribution in [0.2, 0.25) is 0 Å². The van der Waals surface area contributed by atoms with Crippen LogP contribution in [-0.4, -0.2) is 29.2 Å². The molecule has 0 N–H and O–H groups in total. The second-order valence-corrected chi connectivity index (χ2v) is 10.7. The molecule has 6 rings (SSSR count). The summed E-state index contributed by atoms with van der Waals surface area (Å²) >= 11 is 1.18. The number of hydrogen-bond donors (Lipinski definition) is 0. The van der Waals surface area contributed by atoms with Gasteiger partial charge in [0, 0.05) is 29.3 Å². The molecule has 0 saturated carbocycles. The van der Waals surface area contributed by atoms with Gasteiger partial charge in [0.15, 0.2) is 4.80 Å². The predicted octanol–water partition coefficient (Wildman–Crippen LogP) is 5.11. The Balaban J connectivity index is 1.52. The van der Waals surface area contributed by atoms with Crippen molar-refractivity contribution in [1.29, 1.82) is 0 Å². The lowest BCUT2D eigenvalue weighted by atomic mass is 9.93. The lowest BCUT2D eigenvalue weighted by Crippen LogP contribution is -2.40. The van der Waals surface area contributed by atoms with Gasteiger partial charge in [0.2, 0.25) is 0 Å². The molecule has 3 aromatic carbocycles. The maximum Gasteiger partial charge on any atom is 0.338 e. The zero-order valence-electron chi connectivity index (χ0n) is 23.6. The van der Waals surface area contributed by atoms with Gasteiger partial charge in [-0.2, -0.15) is 0 Å². The van der Waals surface area contributed by atoms with Crippen LogP contribution in [-0.2, 0) is 9.53 Å². The molecule has 0 aliphatic carbocycles. The number of hydrogen-bond acceptors (Lipinski definition) is 9. The second kappa shape index (κ2) is 12.0. The van der Waals surface area contributed by atoms with E-state index in [9.17, 15) is 19.7 Å². The Hall–Kier alpha value is -5.55. The maximum atomic E-state index is 14.0. The smallest absolute Gasteiger partial charge is 0.338 e. The van der Waals surface area contributed by atoms with Gasteiger partial charge in [-0.3, -0.25) is 19.5 Å². The average Bonchev–Trinajstić information content (AvgIpc) is 3.65. The van der Waals surface area contributed by atoms with E-state index in [4.69, 9.17) is 18.9 Å². The number of ether oxygens (including phenoxy) is 2. The van der Waals surface area contributed by atoms with Crippen LogP contribution >= 0.6 is 11.3 Å². The standard InChI is InChI=1S/C33H25N3O7S/c1-3-42-32(38)28-29(21-7-5-4-6-8-21)34-33-35(30(28)22-11-15-24(41-2)16-12-22)31(37)27(44-33)19-25-17-18-26(43-25)20-9-13-23(14-10-20)36(39)40/h4-19,30H,3H2,1-2H3/b27-19-/t30-/m0/s1. The van der Waals surface area contributed by atoms with E-state index in [0.29, 0.717) is 49.0 Å². The summed E-state index contributed by atoms with van der Waals surface area (Å²) in [5.74, 6) is 0.972. The monoisotopic (exact) mass is 607 g/mol. The van der Waals surface area contributed by atoms with E-state index in [2.05, 4.69) is 0 Å². The quantitative estimate of drug-likeness (QED) is 0.136. The minimum Gasteiger partial charge on any atom is -0.497 e. The van der Waals surface area contributed by atoms with E-state index in [-0.39, 0.29) is 23.4 Å². The number of thiazole rings is 1. The zero-order valence-corrected chi connectivity index (χ0v) is 24.4. The molecule has 44 heavy (non-hydrogen) atoms. The molecule has 0 saturated heterocycles. The molecule has 11 heteroatoms. The van der Waals surface area contributed by atoms with Gasteiger partial charge >= 0.3 is 5.97 Å². The fourth-order valence-corrected chi connectivity index (χ4v) is 5.99. The molecule has 220 valence electrons. The first kappa shape index (κ1) is 28.6. The molecule has 0 fully saturated rings. The minimum absolute atomic E-state index is 0.0230. The molecule has 2 aromatic heterocycles. The Bertz CT molecular complexity index is 2070. The number of furan rings is 1. The number of esters is 1. The normalized spacial score (nSPS) is 14.6. The summed E-state index contributed by atoms with van der Waals surface area (Å²) in [5.41, 5.74) is 2.36. The first-order valence-electron chi connectivity index (χ1n) is 13.6. The van der Waals surface area contributed by atoms with Crippen LogP contribution in [0.25, 0.3) is 23.1 Å². The van der Waals surface area contributed by atoms with Crippen molar-refractivity contribution < 1.29 is 23.6 Å². The van der Waals surface area contributed by atoms with Crippen molar-refractivity contribution in [3.05, 3.63) is 143 Å². The van der Waals surface area contributed by atoms with Gasteiger partial charge in [0.05, 0.1) is 40.5 Å². The second-order valence-electron chi connectivity index (χ2n) is 9.71. The van der Waals surface area contributed by atoms with Crippen LogP contribution in [0.5, 0.6) is 5.75 Å². The number of carbonyl (C=O) groups excluding carboxylic acids is 1. The molecular formula is C33H25N3O7S. The highest BCUT2D eigenvalue weighted by molar-refractivity contribution is 7.07. The number of non-ortho nitro benzene ring substituents is 1. The van der Waals surface area contributed by atoms with Crippen molar-refractivity contribution >= 4 is 34.8 Å². The number of aromatic nitrogens is 1. The van der Waals surface area contributed by atoms with Crippen molar-refractivity contribution in [1.82, 2.24) is 4.57 Å². The van der Waals surface area contributed by atoms with Crippen LogP contribution in [0, 0.1) is 10.1 Å². The topological polar surface area (TPSA) is 126 Å². The van der Waals surface area contributed by atoms with Crippen molar-refractivity contribution in [2.24, 2.45) is 4.99 Å². The molecule has 5 aromatic rings. The highest BCUT2D eigenvalue weighted by Gasteiger charge is 2.35. The number of benzene rings is 3. The van der Waals surface area contributed by atoms with Gasteiger partial charge in [-0.1, -0.05) is 53.8 Å². The molecule has 10 nitrogen and oxygen atoms in total. The highest BCUT2D eigenvalue weighted by Crippen LogP contribution is 2.35. The largest absolute Gasteiger partial charge is 0.497 e. The van der Waals surface area contributed by atoms with Crippen LogP contribution in [0.3, 0.4) is 0 Å². The summed E-state index contributed by atoms with van der Waals surface area (Å²) in [6.45, 7) is 1.88. The summed E-state index contributed by atoms with van der Waals surface area (Å²) in [7, 11) is 1.57. The van der Waals surface area contributed by atoms with Gasteiger partial charge in [-0.25, -0.2) is 9.79 Å². The number of rotatable bonds is 8. The van der Waals surface area contributed by atoms with Crippen molar-refractivity contribution in [2.45, 2.75) is 13.0 Å². The van der Waals surface area contributed by atoms with Crippen molar-refractivity contribution in [2.75, 3.05) is 13.7 Å². The van der Waals surface area contributed by atoms with Gasteiger partial charge < -0.3 is 13.9 Å². The minimum atomic E-state index is -0.819. The Morgan fingerprint density at radius 2 is 1.75 bits per heavy atom. The summed E-state index contributed by atoms with van der Waals surface area (Å²) in [5, 5.41) is 11.0. The summed E-state index contributed by atoms with van der Waals surface area (Å²) < 4.78 is 18.7. The highest BCUT2D eigenvalue weighted by atomic mass is 32.1.